The third-order valence-corrected chi connectivity index (χ3v) is 8.04. The van der Waals surface area contributed by atoms with E-state index in [0.29, 0.717) is 36.0 Å². The first-order chi connectivity index (χ1) is 18.3. The van der Waals surface area contributed by atoms with E-state index in [0.717, 1.165) is 46.5 Å². The van der Waals surface area contributed by atoms with Crippen LogP contribution in [-0.2, 0) is 14.4 Å². The molecular weight excluding hydrogens is 524 g/mol. The van der Waals surface area contributed by atoms with E-state index in [2.05, 4.69) is 22.5 Å². The average molecular weight is 555 g/mol. The molecule has 1 aromatic heterocycles. The number of benzene rings is 1. The Morgan fingerprint density at radius 3 is 2.63 bits per heavy atom. The minimum atomic E-state index is -0.603. The first-order valence-corrected chi connectivity index (χ1v) is 13.9. The van der Waals surface area contributed by atoms with Crippen LogP contribution in [0.1, 0.15) is 52.2 Å². The Labute approximate surface area is 231 Å². The second kappa shape index (κ2) is 12.4. The summed E-state index contributed by atoms with van der Waals surface area (Å²) in [4.78, 5) is 52.0. The van der Waals surface area contributed by atoms with Crippen molar-refractivity contribution >= 4 is 52.6 Å². The number of aryl methyl sites for hydroxylation is 1. The summed E-state index contributed by atoms with van der Waals surface area (Å²) in [6, 6.07) is 6.86. The van der Waals surface area contributed by atoms with E-state index in [4.69, 9.17) is 11.6 Å². The SMILES string of the molecule is C=Cc1c(C)sc(C(=O)NCCCCCNC2=CC(=O)N(C3CCC(=O)NC3=O)C2)c1-c1ccc(Cl)cc1. The van der Waals surface area contributed by atoms with Gasteiger partial charge in [-0.15, -0.1) is 11.3 Å². The Balaban J connectivity index is 1.20. The lowest BCUT2D eigenvalue weighted by atomic mass is 10.00. The fraction of sp³-hybridized carbons (Fsp3) is 0.357. The summed E-state index contributed by atoms with van der Waals surface area (Å²) in [6.07, 6.45) is 6.49. The third kappa shape index (κ3) is 6.34. The first-order valence-electron chi connectivity index (χ1n) is 12.7. The van der Waals surface area contributed by atoms with Crippen molar-refractivity contribution < 1.29 is 19.2 Å². The lowest BCUT2D eigenvalue weighted by Crippen LogP contribution is -2.53. The zero-order valence-electron chi connectivity index (χ0n) is 21.3. The van der Waals surface area contributed by atoms with Gasteiger partial charge in [0.2, 0.25) is 17.7 Å². The van der Waals surface area contributed by atoms with Crippen LogP contribution in [-0.4, -0.2) is 54.2 Å². The Bertz CT molecular complexity index is 1280. The summed E-state index contributed by atoms with van der Waals surface area (Å²) in [5.41, 5.74) is 3.55. The maximum Gasteiger partial charge on any atom is 0.262 e. The summed E-state index contributed by atoms with van der Waals surface area (Å²) in [7, 11) is 0. The number of amides is 4. The molecule has 4 amide bonds. The molecule has 1 fully saturated rings. The first kappa shape index (κ1) is 27.6. The molecule has 10 heteroatoms. The Hall–Kier alpha value is -3.43. The van der Waals surface area contributed by atoms with Crippen LogP contribution >= 0.6 is 22.9 Å². The molecule has 2 aromatic rings. The van der Waals surface area contributed by atoms with Gasteiger partial charge in [0, 0.05) is 46.7 Å². The summed E-state index contributed by atoms with van der Waals surface area (Å²) in [5, 5.41) is 9.25. The molecule has 0 radical (unpaired) electrons. The van der Waals surface area contributed by atoms with Crippen LogP contribution < -0.4 is 16.0 Å². The minimum Gasteiger partial charge on any atom is -0.387 e. The van der Waals surface area contributed by atoms with Crippen molar-refractivity contribution in [3.63, 3.8) is 0 Å². The number of hydrogen-bond acceptors (Lipinski definition) is 6. The number of imide groups is 1. The van der Waals surface area contributed by atoms with E-state index in [9.17, 15) is 19.2 Å². The van der Waals surface area contributed by atoms with Crippen LogP contribution in [0.2, 0.25) is 5.02 Å². The zero-order chi connectivity index (χ0) is 27.2. The van der Waals surface area contributed by atoms with Gasteiger partial charge >= 0.3 is 0 Å². The maximum atomic E-state index is 13.0. The molecule has 0 saturated carbocycles. The van der Waals surface area contributed by atoms with Gasteiger partial charge in [-0.3, -0.25) is 24.5 Å². The van der Waals surface area contributed by atoms with E-state index in [1.54, 1.807) is 6.08 Å². The van der Waals surface area contributed by atoms with Crippen LogP contribution in [0.25, 0.3) is 17.2 Å². The number of hydrogen-bond donors (Lipinski definition) is 3. The van der Waals surface area contributed by atoms with Crippen molar-refractivity contribution in [1.29, 1.82) is 0 Å². The molecule has 8 nitrogen and oxygen atoms in total. The largest absolute Gasteiger partial charge is 0.387 e. The topological polar surface area (TPSA) is 108 Å². The highest BCUT2D eigenvalue weighted by molar-refractivity contribution is 7.14. The third-order valence-electron chi connectivity index (χ3n) is 6.67. The smallest absolute Gasteiger partial charge is 0.262 e. The van der Waals surface area contributed by atoms with Crippen LogP contribution in [0.5, 0.6) is 0 Å². The molecule has 1 atom stereocenters. The average Bonchev–Trinajstić information content (AvgIpc) is 3.42. The molecule has 38 heavy (non-hydrogen) atoms. The lowest BCUT2D eigenvalue weighted by molar-refractivity contribution is -0.142. The van der Waals surface area contributed by atoms with Crippen molar-refractivity contribution in [2.24, 2.45) is 0 Å². The number of nitrogens with one attached hydrogen (secondary N) is 3. The number of rotatable bonds is 11. The van der Waals surface area contributed by atoms with Crippen molar-refractivity contribution in [3.05, 3.63) is 63.0 Å². The van der Waals surface area contributed by atoms with Gasteiger partial charge in [0.05, 0.1) is 6.54 Å². The Kier molecular flexibility index (Phi) is 9.01. The van der Waals surface area contributed by atoms with Crippen molar-refractivity contribution in [1.82, 2.24) is 20.9 Å². The second-order valence-electron chi connectivity index (χ2n) is 9.33. The van der Waals surface area contributed by atoms with E-state index in [1.165, 1.54) is 22.3 Å². The molecule has 0 spiro atoms. The number of nitrogens with zero attached hydrogens (tertiary/aromatic N) is 1. The maximum absolute atomic E-state index is 13.0. The van der Waals surface area contributed by atoms with E-state index in [-0.39, 0.29) is 24.1 Å². The Morgan fingerprint density at radius 2 is 1.92 bits per heavy atom. The highest BCUT2D eigenvalue weighted by Crippen LogP contribution is 2.37. The minimum absolute atomic E-state index is 0.0996. The Morgan fingerprint density at radius 1 is 1.18 bits per heavy atom. The zero-order valence-corrected chi connectivity index (χ0v) is 22.8. The second-order valence-corrected chi connectivity index (χ2v) is 11.0. The number of unbranched alkanes of at least 4 members (excludes halogenated alkanes) is 2. The van der Waals surface area contributed by atoms with Gasteiger partial charge in [-0.1, -0.05) is 36.4 Å². The fourth-order valence-corrected chi connectivity index (χ4v) is 5.94. The molecule has 3 heterocycles. The van der Waals surface area contributed by atoms with Gasteiger partial charge in [-0.25, -0.2) is 0 Å². The number of carbonyl (C=O) groups excluding carboxylic acids is 4. The summed E-state index contributed by atoms with van der Waals surface area (Å²) in [6.45, 7) is 7.50. The van der Waals surface area contributed by atoms with Crippen molar-refractivity contribution in [2.75, 3.05) is 19.6 Å². The van der Waals surface area contributed by atoms with Gasteiger partial charge in [-0.2, -0.15) is 0 Å². The predicted molar refractivity (Wildman–Crippen MR) is 150 cm³/mol. The van der Waals surface area contributed by atoms with Crippen LogP contribution in [0, 0.1) is 6.92 Å². The predicted octanol–water partition coefficient (Wildman–Crippen LogP) is 4.04. The van der Waals surface area contributed by atoms with Crippen molar-refractivity contribution in [3.8, 4) is 11.1 Å². The van der Waals surface area contributed by atoms with Gasteiger partial charge in [0.25, 0.3) is 5.91 Å². The fourth-order valence-electron chi connectivity index (χ4n) is 4.71. The van der Waals surface area contributed by atoms with Gasteiger partial charge < -0.3 is 15.5 Å². The van der Waals surface area contributed by atoms with Crippen LogP contribution in [0.4, 0.5) is 0 Å². The van der Waals surface area contributed by atoms with Gasteiger partial charge in [-0.05, 0) is 55.9 Å². The summed E-state index contributed by atoms with van der Waals surface area (Å²) >= 11 is 7.51. The summed E-state index contributed by atoms with van der Waals surface area (Å²) < 4.78 is 0. The van der Waals surface area contributed by atoms with E-state index in [1.807, 2.05) is 31.2 Å². The molecule has 4 rings (SSSR count). The number of piperidine rings is 1. The number of carbonyl (C=O) groups is 4. The molecule has 2 aliphatic heterocycles. The lowest BCUT2D eigenvalue weighted by Gasteiger charge is -2.29. The standard InChI is InChI=1S/C28H31ClN4O4S/c1-3-21-17(2)38-26(25(21)18-7-9-19(29)10-8-18)28(37)31-14-6-4-5-13-30-20-15-24(35)33(16-20)22-11-12-23(34)32-27(22)36/h3,7-10,15,22,30H,1,4-6,11-14,16H2,2H3,(H,31,37)(H,32,34,36). The molecule has 200 valence electrons. The highest BCUT2D eigenvalue weighted by atomic mass is 35.5. The van der Waals surface area contributed by atoms with E-state index >= 15 is 0 Å². The van der Waals surface area contributed by atoms with E-state index < -0.39 is 11.9 Å². The van der Waals surface area contributed by atoms with Gasteiger partial charge in [0.1, 0.15) is 10.9 Å². The molecule has 1 saturated heterocycles. The molecule has 2 aliphatic rings. The monoisotopic (exact) mass is 554 g/mol. The molecule has 0 bridgehead atoms. The number of thiophene rings is 1. The van der Waals surface area contributed by atoms with Crippen molar-refractivity contribution in [2.45, 2.75) is 45.1 Å². The van der Waals surface area contributed by atoms with Crippen LogP contribution in [0.3, 0.4) is 0 Å². The molecule has 1 unspecified atom stereocenters. The van der Waals surface area contributed by atoms with Crippen LogP contribution in [0.15, 0.2) is 42.6 Å². The molecular formula is C28H31ClN4O4S. The highest BCUT2D eigenvalue weighted by Gasteiger charge is 2.36. The molecule has 1 aromatic carbocycles. The molecule has 3 N–H and O–H groups in total. The molecule has 0 aliphatic carbocycles. The summed E-state index contributed by atoms with van der Waals surface area (Å²) in [5.74, 6) is -1.03. The quantitative estimate of drug-likeness (QED) is 0.287. The number of halogens is 1. The normalized spacial score (nSPS) is 17.3. The van der Waals surface area contributed by atoms with Gasteiger partial charge in [0.15, 0.2) is 0 Å².